The van der Waals surface area contributed by atoms with Gasteiger partial charge in [0.15, 0.2) is 0 Å². The van der Waals surface area contributed by atoms with E-state index in [0.29, 0.717) is 13.0 Å². The molecule has 1 unspecified atom stereocenters. The number of carbonyl (C=O) groups excluding carboxylic acids is 1. The number of esters is 1. The van der Waals surface area contributed by atoms with Gasteiger partial charge >= 0.3 is 5.97 Å². The third-order valence-corrected chi connectivity index (χ3v) is 3.66. The Morgan fingerprint density at radius 1 is 1.44 bits per heavy atom. The Labute approximate surface area is 111 Å². The Bertz CT molecular complexity index is 238. The number of hydrogen-bond acceptors (Lipinski definition) is 4. The van der Waals surface area contributed by atoms with Gasteiger partial charge in [0.2, 0.25) is 0 Å². The number of nitrogens with zero attached hydrogens (tertiary/aromatic N) is 1. The Hall–Kier alpha value is -0.610. The highest BCUT2D eigenvalue weighted by atomic mass is 16.5. The highest BCUT2D eigenvalue weighted by molar-refractivity contribution is 5.69. The van der Waals surface area contributed by atoms with Crippen molar-refractivity contribution in [2.24, 2.45) is 5.92 Å². The third-order valence-electron chi connectivity index (χ3n) is 3.66. The topological polar surface area (TPSA) is 41.6 Å². The summed E-state index contributed by atoms with van der Waals surface area (Å²) in [5.41, 5.74) is 0. The van der Waals surface area contributed by atoms with Gasteiger partial charge in [-0.15, -0.1) is 0 Å². The van der Waals surface area contributed by atoms with Crippen LogP contribution >= 0.6 is 0 Å². The average Bonchev–Trinajstić information content (AvgIpc) is 2.32. The molecular formula is C14H28N2O2. The summed E-state index contributed by atoms with van der Waals surface area (Å²) in [4.78, 5) is 13.7. The highest BCUT2D eigenvalue weighted by Crippen LogP contribution is 2.18. The van der Waals surface area contributed by atoms with Crippen LogP contribution in [0.4, 0.5) is 0 Å². The second-order valence-corrected chi connectivity index (χ2v) is 5.40. The number of hydrogen-bond donors (Lipinski definition) is 1. The minimum Gasteiger partial charge on any atom is -0.466 e. The van der Waals surface area contributed by atoms with Crippen molar-refractivity contribution in [1.82, 2.24) is 10.2 Å². The molecule has 0 aliphatic carbocycles. The number of likely N-dealkylation sites (tertiary alicyclic amines) is 1. The summed E-state index contributed by atoms with van der Waals surface area (Å²) in [7, 11) is 2.19. The van der Waals surface area contributed by atoms with E-state index in [4.69, 9.17) is 4.74 Å². The summed E-state index contributed by atoms with van der Waals surface area (Å²) in [5.74, 6) is 0.750. The first-order valence-electron chi connectivity index (χ1n) is 7.19. The normalized spacial score (nSPS) is 19.7. The zero-order chi connectivity index (χ0) is 13.4. The monoisotopic (exact) mass is 256 g/mol. The fourth-order valence-corrected chi connectivity index (χ4v) is 2.43. The first kappa shape index (κ1) is 15.4. The summed E-state index contributed by atoms with van der Waals surface area (Å²) >= 11 is 0. The van der Waals surface area contributed by atoms with Crippen LogP contribution in [0.3, 0.4) is 0 Å². The van der Waals surface area contributed by atoms with Crippen molar-refractivity contribution in [3.63, 3.8) is 0 Å². The zero-order valence-corrected chi connectivity index (χ0v) is 12.1. The Balaban J connectivity index is 2.04. The standard InChI is InChI=1S/C14H28N2O2/c1-4-18-14(17)11-12(2)15-8-5-13-6-9-16(3)10-7-13/h12-13,15H,4-11H2,1-3H3. The molecule has 4 heteroatoms. The molecule has 0 amide bonds. The van der Waals surface area contributed by atoms with Gasteiger partial charge in [-0.1, -0.05) is 0 Å². The largest absolute Gasteiger partial charge is 0.466 e. The van der Waals surface area contributed by atoms with E-state index in [0.717, 1.165) is 12.5 Å². The lowest BCUT2D eigenvalue weighted by Crippen LogP contribution is -2.34. The Kier molecular flexibility index (Phi) is 7.28. The number of ether oxygens (including phenoxy) is 1. The molecule has 1 N–H and O–H groups in total. The van der Waals surface area contributed by atoms with E-state index < -0.39 is 0 Å². The molecule has 1 rings (SSSR count). The number of piperidine rings is 1. The molecule has 0 aromatic carbocycles. The van der Waals surface area contributed by atoms with E-state index >= 15 is 0 Å². The molecule has 1 saturated heterocycles. The number of rotatable bonds is 7. The number of nitrogens with one attached hydrogen (secondary N) is 1. The van der Waals surface area contributed by atoms with Crippen molar-refractivity contribution in [3.05, 3.63) is 0 Å². The molecule has 0 aromatic rings. The van der Waals surface area contributed by atoms with E-state index in [9.17, 15) is 4.79 Å². The predicted octanol–water partition coefficient (Wildman–Crippen LogP) is 1.65. The van der Waals surface area contributed by atoms with Gasteiger partial charge in [-0.3, -0.25) is 4.79 Å². The Morgan fingerprint density at radius 3 is 2.72 bits per heavy atom. The van der Waals surface area contributed by atoms with Crippen molar-refractivity contribution in [2.75, 3.05) is 33.3 Å². The minimum atomic E-state index is -0.100. The molecule has 0 bridgehead atoms. The molecule has 0 aromatic heterocycles. The molecule has 18 heavy (non-hydrogen) atoms. The Morgan fingerprint density at radius 2 is 2.11 bits per heavy atom. The maximum absolute atomic E-state index is 11.3. The van der Waals surface area contributed by atoms with Gasteiger partial charge in [0.1, 0.15) is 0 Å². The van der Waals surface area contributed by atoms with E-state index in [1.165, 1.54) is 32.4 Å². The summed E-state index contributed by atoms with van der Waals surface area (Å²) < 4.78 is 4.94. The van der Waals surface area contributed by atoms with Crippen LogP contribution in [0.25, 0.3) is 0 Å². The summed E-state index contributed by atoms with van der Waals surface area (Å²) in [6.45, 7) is 7.82. The van der Waals surface area contributed by atoms with Gasteiger partial charge in [-0.25, -0.2) is 0 Å². The molecule has 1 aliphatic rings. The van der Waals surface area contributed by atoms with Crippen LogP contribution in [0.1, 0.15) is 39.5 Å². The lowest BCUT2D eigenvalue weighted by molar-refractivity contribution is -0.143. The first-order chi connectivity index (χ1) is 8.61. The molecule has 0 spiro atoms. The molecule has 1 heterocycles. The van der Waals surface area contributed by atoms with E-state index in [2.05, 4.69) is 17.3 Å². The summed E-state index contributed by atoms with van der Waals surface area (Å²) in [6, 6.07) is 0.218. The van der Waals surface area contributed by atoms with Crippen molar-refractivity contribution in [2.45, 2.75) is 45.6 Å². The van der Waals surface area contributed by atoms with Crippen LogP contribution in [-0.2, 0) is 9.53 Å². The van der Waals surface area contributed by atoms with Gasteiger partial charge in [0, 0.05) is 6.04 Å². The molecule has 0 radical (unpaired) electrons. The van der Waals surface area contributed by atoms with Crippen LogP contribution < -0.4 is 5.32 Å². The molecule has 0 saturated carbocycles. The van der Waals surface area contributed by atoms with Crippen LogP contribution in [-0.4, -0.2) is 50.2 Å². The molecular weight excluding hydrogens is 228 g/mol. The van der Waals surface area contributed by atoms with Crippen LogP contribution in [0, 0.1) is 5.92 Å². The van der Waals surface area contributed by atoms with E-state index in [1.54, 1.807) is 0 Å². The van der Waals surface area contributed by atoms with Gasteiger partial charge in [0.25, 0.3) is 0 Å². The lowest BCUT2D eigenvalue weighted by Gasteiger charge is -2.29. The van der Waals surface area contributed by atoms with E-state index in [-0.39, 0.29) is 12.0 Å². The minimum absolute atomic E-state index is 0.100. The second-order valence-electron chi connectivity index (χ2n) is 5.40. The molecule has 1 aliphatic heterocycles. The second kappa shape index (κ2) is 8.48. The van der Waals surface area contributed by atoms with Crippen molar-refractivity contribution in [3.8, 4) is 0 Å². The maximum atomic E-state index is 11.3. The lowest BCUT2D eigenvalue weighted by atomic mass is 9.94. The van der Waals surface area contributed by atoms with Crippen LogP contribution in [0.5, 0.6) is 0 Å². The van der Waals surface area contributed by atoms with Gasteiger partial charge in [0.05, 0.1) is 13.0 Å². The fraction of sp³-hybridized carbons (Fsp3) is 0.929. The van der Waals surface area contributed by atoms with Crippen molar-refractivity contribution in [1.29, 1.82) is 0 Å². The van der Waals surface area contributed by atoms with Crippen LogP contribution in [0.2, 0.25) is 0 Å². The predicted molar refractivity (Wildman–Crippen MR) is 73.6 cm³/mol. The summed E-state index contributed by atoms with van der Waals surface area (Å²) in [5, 5.41) is 3.42. The van der Waals surface area contributed by atoms with Crippen molar-refractivity contribution >= 4 is 5.97 Å². The quantitative estimate of drug-likeness (QED) is 0.703. The summed E-state index contributed by atoms with van der Waals surface area (Å²) in [6.07, 6.45) is 4.32. The third kappa shape index (κ3) is 6.36. The van der Waals surface area contributed by atoms with Crippen LogP contribution in [0.15, 0.2) is 0 Å². The van der Waals surface area contributed by atoms with E-state index in [1.807, 2.05) is 13.8 Å². The molecule has 4 nitrogen and oxygen atoms in total. The highest BCUT2D eigenvalue weighted by Gasteiger charge is 2.16. The molecule has 106 valence electrons. The molecule has 1 fully saturated rings. The average molecular weight is 256 g/mol. The van der Waals surface area contributed by atoms with Gasteiger partial charge in [-0.05, 0) is 65.7 Å². The zero-order valence-electron chi connectivity index (χ0n) is 12.1. The smallest absolute Gasteiger partial charge is 0.307 e. The first-order valence-corrected chi connectivity index (χ1v) is 7.19. The number of carbonyl (C=O) groups is 1. The van der Waals surface area contributed by atoms with Gasteiger partial charge in [-0.2, -0.15) is 0 Å². The molecule has 1 atom stereocenters. The fourth-order valence-electron chi connectivity index (χ4n) is 2.43. The van der Waals surface area contributed by atoms with Gasteiger partial charge < -0.3 is 15.0 Å². The SMILES string of the molecule is CCOC(=O)CC(C)NCCC1CCN(C)CC1. The maximum Gasteiger partial charge on any atom is 0.307 e. The van der Waals surface area contributed by atoms with Crippen molar-refractivity contribution < 1.29 is 9.53 Å².